The number of amides is 2. The molecule has 0 aromatic rings. The number of carbonyl (C=O) groups is 2. The van der Waals surface area contributed by atoms with E-state index in [-0.39, 0.29) is 31.3 Å². The molecule has 2 saturated heterocycles. The molecule has 0 aromatic heterocycles. The minimum Gasteiger partial charge on any atom is -0.480 e. The van der Waals surface area contributed by atoms with Gasteiger partial charge in [-0.3, -0.25) is 0 Å². The fourth-order valence-corrected chi connectivity index (χ4v) is 2.54. The van der Waals surface area contributed by atoms with E-state index in [0.717, 1.165) is 19.3 Å². The maximum atomic E-state index is 11.6. The maximum Gasteiger partial charge on any atom is 0.326 e. The van der Waals surface area contributed by atoms with E-state index in [4.69, 9.17) is 14.9 Å². The summed E-state index contributed by atoms with van der Waals surface area (Å²) < 4.78 is 5.59. The van der Waals surface area contributed by atoms with Crippen LogP contribution in [0.4, 0.5) is 4.79 Å². The first-order valence-corrected chi connectivity index (χ1v) is 6.16. The Morgan fingerprint density at radius 1 is 1.39 bits per heavy atom. The van der Waals surface area contributed by atoms with Gasteiger partial charge in [-0.2, -0.15) is 0 Å². The molecule has 102 valence electrons. The average Bonchev–Trinajstić information content (AvgIpc) is 2.90. The summed E-state index contributed by atoms with van der Waals surface area (Å²) in [4.78, 5) is 22.5. The second-order valence-electron chi connectivity index (χ2n) is 4.74. The smallest absolute Gasteiger partial charge is 0.326 e. The lowest BCUT2D eigenvalue weighted by molar-refractivity contribution is -0.139. The van der Waals surface area contributed by atoms with Gasteiger partial charge in [0.2, 0.25) is 0 Å². The van der Waals surface area contributed by atoms with Gasteiger partial charge >= 0.3 is 12.0 Å². The first-order chi connectivity index (χ1) is 8.60. The number of urea groups is 1. The fraction of sp³-hybridized carbons (Fsp3) is 0.818. The number of nitrogens with one attached hydrogen (secondary N) is 2. The Morgan fingerprint density at radius 2 is 2.17 bits per heavy atom. The van der Waals surface area contributed by atoms with Gasteiger partial charge in [-0.05, 0) is 19.3 Å². The van der Waals surface area contributed by atoms with Gasteiger partial charge in [0.1, 0.15) is 6.04 Å². The van der Waals surface area contributed by atoms with Crippen molar-refractivity contribution in [3.05, 3.63) is 0 Å². The van der Waals surface area contributed by atoms with Crippen molar-refractivity contribution in [2.45, 2.75) is 50.0 Å². The number of carbonyl (C=O) groups excluding carboxylic acids is 1. The number of aliphatic hydroxyl groups excluding tert-OH is 1. The highest BCUT2D eigenvalue weighted by atomic mass is 16.5. The minimum absolute atomic E-state index is 0.00399. The Morgan fingerprint density at radius 3 is 2.67 bits per heavy atom. The van der Waals surface area contributed by atoms with E-state index in [1.165, 1.54) is 0 Å². The Labute approximate surface area is 105 Å². The monoisotopic (exact) mass is 258 g/mol. The topological polar surface area (TPSA) is 108 Å². The summed E-state index contributed by atoms with van der Waals surface area (Å²) in [5.41, 5.74) is 0. The molecule has 2 amide bonds. The molecule has 7 nitrogen and oxygen atoms in total. The Hall–Kier alpha value is -1.34. The SMILES string of the molecule is O=C(NC1CC2CCC1O2)N[C@@H](CCO)C(=O)O. The third-order valence-corrected chi connectivity index (χ3v) is 3.44. The van der Waals surface area contributed by atoms with Gasteiger partial charge in [-0.1, -0.05) is 0 Å². The first-order valence-electron chi connectivity index (χ1n) is 6.16. The van der Waals surface area contributed by atoms with Crippen LogP contribution in [0.15, 0.2) is 0 Å². The van der Waals surface area contributed by atoms with Crippen molar-refractivity contribution in [1.82, 2.24) is 10.6 Å². The summed E-state index contributed by atoms with van der Waals surface area (Å²) >= 11 is 0. The Bertz CT molecular complexity index is 335. The summed E-state index contributed by atoms with van der Waals surface area (Å²) in [7, 11) is 0. The van der Waals surface area contributed by atoms with Crippen LogP contribution in [0, 0.1) is 0 Å². The van der Waals surface area contributed by atoms with Crippen LogP contribution in [0.25, 0.3) is 0 Å². The highest BCUT2D eigenvalue weighted by Crippen LogP contribution is 2.34. The third-order valence-electron chi connectivity index (χ3n) is 3.44. The predicted octanol–water partition coefficient (Wildman–Crippen LogP) is -0.559. The zero-order chi connectivity index (χ0) is 13.1. The van der Waals surface area contributed by atoms with Gasteiger partial charge < -0.3 is 25.6 Å². The lowest BCUT2D eigenvalue weighted by Gasteiger charge is -2.21. The number of aliphatic carboxylic acids is 1. The van der Waals surface area contributed by atoms with Crippen LogP contribution in [0.3, 0.4) is 0 Å². The summed E-state index contributed by atoms with van der Waals surface area (Å²) in [6.45, 7) is -0.283. The fourth-order valence-electron chi connectivity index (χ4n) is 2.54. The van der Waals surface area contributed by atoms with Crippen LogP contribution in [0.2, 0.25) is 0 Å². The number of carboxylic acid groups (broad SMARTS) is 1. The molecule has 7 heteroatoms. The van der Waals surface area contributed by atoms with Crippen molar-refractivity contribution in [3.63, 3.8) is 0 Å². The van der Waals surface area contributed by atoms with Crippen LogP contribution in [0.5, 0.6) is 0 Å². The van der Waals surface area contributed by atoms with E-state index in [0.29, 0.717) is 0 Å². The van der Waals surface area contributed by atoms with Crippen LogP contribution in [-0.2, 0) is 9.53 Å². The van der Waals surface area contributed by atoms with Gasteiger partial charge in [0.25, 0.3) is 0 Å². The maximum absolute atomic E-state index is 11.6. The van der Waals surface area contributed by atoms with Crippen molar-refractivity contribution in [1.29, 1.82) is 0 Å². The molecule has 0 spiro atoms. The number of aliphatic hydroxyl groups is 1. The minimum atomic E-state index is -1.15. The lowest BCUT2D eigenvalue weighted by atomic mass is 9.96. The molecule has 2 aliphatic rings. The van der Waals surface area contributed by atoms with Crippen LogP contribution in [-0.4, -0.2) is 53.1 Å². The lowest BCUT2D eigenvalue weighted by Crippen LogP contribution is -2.51. The molecule has 0 radical (unpaired) electrons. The van der Waals surface area contributed by atoms with Crippen molar-refractivity contribution < 1.29 is 24.5 Å². The largest absolute Gasteiger partial charge is 0.480 e. The zero-order valence-corrected chi connectivity index (χ0v) is 9.96. The van der Waals surface area contributed by atoms with Crippen molar-refractivity contribution in [2.24, 2.45) is 0 Å². The predicted molar refractivity (Wildman–Crippen MR) is 61.1 cm³/mol. The van der Waals surface area contributed by atoms with Crippen molar-refractivity contribution in [2.75, 3.05) is 6.61 Å². The van der Waals surface area contributed by atoms with E-state index in [2.05, 4.69) is 10.6 Å². The first kappa shape index (κ1) is 13.1. The van der Waals surface area contributed by atoms with Gasteiger partial charge in [0.05, 0.1) is 18.2 Å². The normalized spacial score (nSPS) is 31.1. The molecule has 0 aromatic carbocycles. The summed E-state index contributed by atoms with van der Waals surface area (Å²) in [6.07, 6.45) is 3.04. The Balaban J connectivity index is 1.79. The number of fused-ring (bicyclic) bond motifs is 2. The summed E-state index contributed by atoms with van der Waals surface area (Å²) in [5, 5.41) is 22.6. The molecule has 3 unspecified atom stereocenters. The molecule has 0 aliphatic carbocycles. The Kier molecular flexibility index (Phi) is 4.03. The second-order valence-corrected chi connectivity index (χ2v) is 4.74. The number of ether oxygens (including phenoxy) is 1. The highest BCUT2D eigenvalue weighted by molar-refractivity contribution is 5.82. The van der Waals surface area contributed by atoms with Crippen LogP contribution >= 0.6 is 0 Å². The van der Waals surface area contributed by atoms with Gasteiger partial charge in [-0.25, -0.2) is 9.59 Å². The number of rotatable bonds is 5. The molecule has 2 heterocycles. The van der Waals surface area contributed by atoms with Gasteiger partial charge in [0.15, 0.2) is 0 Å². The molecular weight excluding hydrogens is 240 g/mol. The van der Waals surface area contributed by atoms with Crippen LogP contribution in [0.1, 0.15) is 25.7 Å². The van der Waals surface area contributed by atoms with E-state index < -0.39 is 18.0 Å². The quantitative estimate of drug-likeness (QED) is 0.529. The molecule has 2 bridgehead atoms. The third kappa shape index (κ3) is 2.91. The van der Waals surface area contributed by atoms with Crippen molar-refractivity contribution in [3.8, 4) is 0 Å². The van der Waals surface area contributed by atoms with E-state index >= 15 is 0 Å². The summed E-state index contributed by atoms with van der Waals surface area (Å²) in [6, 6.07) is -1.61. The van der Waals surface area contributed by atoms with Crippen molar-refractivity contribution >= 4 is 12.0 Å². The molecule has 18 heavy (non-hydrogen) atoms. The molecule has 2 rings (SSSR count). The standard InChI is InChI=1S/C11H18N2O5/c14-4-3-7(10(15)16)12-11(17)13-8-5-6-1-2-9(8)18-6/h6-9,14H,1-5H2,(H,15,16)(H2,12,13,17)/t6?,7-,8?,9?/m0/s1. The molecular formula is C11H18N2O5. The van der Waals surface area contributed by atoms with Gasteiger partial charge in [0, 0.05) is 13.0 Å². The summed E-state index contributed by atoms with van der Waals surface area (Å²) in [5.74, 6) is -1.15. The number of carboxylic acids is 1. The molecule has 4 N–H and O–H groups in total. The number of hydrogen-bond acceptors (Lipinski definition) is 4. The average molecular weight is 258 g/mol. The molecule has 2 fully saturated rings. The van der Waals surface area contributed by atoms with Gasteiger partial charge in [-0.15, -0.1) is 0 Å². The zero-order valence-electron chi connectivity index (χ0n) is 9.96. The van der Waals surface area contributed by atoms with E-state index in [9.17, 15) is 9.59 Å². The highest BCUT2D eigenvalue weighted by Gasteiger charge is 2.41. The number of hydrogen-bond donors (Lipinski definition) is 4. The van der Waals surface area contributed by atoms with Crippen LogP contribution < -0.4 is 10.6 Å². The van der Waals surface area contributed by atoms with E-state index in [1.807, 2.05) is 0 Å². The van der Waals surface area contributed by atoms with E-state index in [1.54, 1.807) is 0 Å². The molecule has 0 saturated carbocycles. The second kappa shape index (κ2) is 5.53. The molecule has 2 aliphatic heterocycles. The molecule has 4 atom stereocenters.